The molecule has 0 saturated carbocycles. The smallest absolute Gasteiger partial charge is 0.302 e. The van der Waals surface area contributed by atoms with Gasteiger partial charge in [0.1, 0.15) is 0 Å². The lowest BCUT2D eigenvalue weighted by atomic mass is 10.2. The van der Waals surface area contributed by atoms with E-state index in [0.29, 0.717) is 35.2 Å². The first-order valence-electron chi connectivity index (χ1n) is 8.50. The van der Waals surface area contributed by atoms with E-state index in [0.717, 1.165) is 10.1 Å². The molecule has 3 heterocycles. The summed E-state index contributed by atoms with van der Waals surface area (Å²) in [6.07, 6.45) is 0. The van der Waals surface area contributed by atoms with E-state index in [9.17, 15) is 9.59 Å². The fraction of sp³-hybridized carbons (Fsp3) is 0.333. The van der Waals surface area contributed by atoms with Gasteiger partial charge in [-0.3, -0.25) is 13.9 Å². The molecule has 4 aromatic rings. The normalized spacial score (nSPS) is 11.9. The Morgan fingerprint density at radius 1 is 1.00 bits per heavy atom. The van der Waals surface area contributed by atoms with Crippen molar-refractivity contribution in [3.63, 3.8) is 0 Å². The molecule has 3 aromatic heterocycles. The average molecular weight is 352 g/mol. The zero-order valence-corrected chi connectivity index (χ0v) is 15.2. The van der Waals surface area contributed by atoms with Crippen molar-refractivity contribution >= 4 is 16.9 Å². The van der Waals surface area contributed by atoms with E-state index in [1.807, 2.05) is 34.9 Å². The maximum atomic E-state index is 12.9. The Morgan fingerprint density at radius 2 is 1.69 bits per heavy atom. The van der Waals surface area contributed by atoms with E-state index >= 15 is 0 Å². The van der Waals surface area contributed by atoms with E-state index in [2.05, 4.69) is 24.0 Å². The highest BCUT2D eigenvalue weighted by Gasteiger charge is 2.24. The lowest BCUT2D eigenvalue weighted by Crippen LogP contribution is -2.38. The molecule has 26 heavy (non-hydrogen) atoms. The minimum atomic E-state index is -0.376. The summed E-state index contributed by atoms with van der Waals surface area (Å²) >= 11 is 0. The van der Waals surface area contributed by atoms with Crippen LogP contribution in [0.2, 0.25) is 0 Å². The standard InChI is InChI=1S/C18H20N6O2/c1-11(2)10-23-13-15(21(3)18(26)22(4)16(13)25)24-14(19-20-17(23)24)12-8-6-5-7-9-12/h5-9,11H,10H2,1-4H3. The number of nitrogens with zero attached hydrogens (tertiary/aromatic N) is 6. The van der Waals surface area contributed by atoms with Gasteiger partial charge >= 0.3 is 5.69 Å². The summed E-state index contributed by atoms with van der Waals surface area (Å²) in [5.74, 6) is 1.47. The molecule has 0 unspecified atom stereocenters. The van der Waals surface area contributed by atoms with Gasteiger partial charge in [0.25, 0.3) is 5.56 Å². The van der Waals surface area contributed by atoms with Crippen LogP contribution in [0.4, 0.5) is 0 Å². The second kappa shape index (κ2) is 5.69. The first kappa shape index (κ1) is 16.3. The average Bonchev–Trinajstić information content (AvgIpc) is 3.18. The van der Waals surface area contributed by atoms with Gasteiger partial charge in [-0.15, -0.1) is 10.2 Å². The Balaban J connectivity index is 2.25. The topological polar surface area (TPSA) is 79.1 Å². The van der Waals surface area contributed by atoms with Gasteiger partial charge in [-0.05, 0) is 5.92 Å². The Morgan fingerprint density at radius 3 is 2.35 bits per heavy atom. The molecular weight excluding hydrogens is 332 g/mol. The molecule has 0 N–H and O–H groups in total. The number of fused-ring (bicyclic) bond motifs is 3. The molecule has 0 amide bonds. The summed E-state index contributed by atoms with van der Waals surface area (Å²) in [7, 11) is 3.16. The van der Waals surface area contributed by atoms with Gasteiger partial charge in [0.2, 0.25) is 5.78 Å². The van der Waals surface area contributed by atoms with E-state index in [1.54, 1.807) is 11.4 Å². The second-order valence-electron chi connectivity index (χ2n) is 6.91. The maximum absolute atomic E-state index is 12.9. The Bertz CT molecular complexity index is 1240. The van der Waals surface area contributed by atoms with Crippen molar-refractivity contribution in [2.75, 3.05) is 0 Å². The van der Waals surface area contributed by atoms with E-state index < -0.39 is 0 Å². The molecule has 0 aliphatic rings. The van der Waals surface area contributed by atoms with Gasteiger partial charge in [-0.25, -0.2) is 9.20 Å². The van der Waals surface area contributed by atoms with Crippen LogP contribution in [-0.2, 0) is 20.6 Å². The summed E-state index contributed by atoms with van der Waals surface area (Å²) in [6, 6.07) is 9.63. The fourth-order valence-corrected chi connectivity index (χ4v) is 3.37. The summed E-state index contributed by atoms with van der Waals surface area (Å²) in [5, 5.41) is 8.67. The van der Waals surface area contributed by atoms with Crippen LogP contribution in [0, 0.1) is 5.92 Å². The van der Waals surface area contributed by atoms with Crippen LogP contribution in [0.3, 0.4) is 0 Å². The van der Waals surface area contributed by atoms with Crippen LogP contribution in [-0.4, -0.2) is 28.3 Å². The van der Waals surface area contributed by atoms with Crippen molar-refractivity contribution in [2.45, 2.75) is 20.4 Å². The van der Waals surface area contributed by atoms with Crippen molar-refractivity contribution < 1.29 is 0 Å². The molecular formula is C18H20N6O2. The van der Waals surface area contributed by atoms with E-state index in [4.69, 9.17) is 0 Å². The van der Waals surface area contributed by atoms with Crippen molar-refractivity contribution in [3.05, 3.63) is 51.2 Å². The predicted molar refractivity (Wildman–Crippen MR) is 99.2 cm³/mol. The van der Waals surface area contributed by atoms with Crippen molar-refractivity contribution in [1.29, 1.82) is 0 Å². The van der Waals surface area contributed by atoms with Gasteiger partial charge in [-0.1, -0.05) is 44.2 Å². The van der Waals surface area contributed by atoms with Crippen LogP contribution in [0.15, 0.2) is 39.9 Å². The second-order valence-corrected chi connectivity index (χ2v) is 6.91. The van der Waals surface area contributed by atoms with Gasteiger partial charge in [0.05, 0.1) is 0 Å². The molecule has 0 bridgehead atoms. The molecule has 0 atom stereocenters. The van der Waals surface area contributed by atoms with Crippen LogP contribution < -0.4 is 11.2 Å². The molecule has 4 rings (SSSR count). The maximum Gasteiger partial charge on any atom is 0.332 e. The third kappa shape index (κ3) is 2.15. The third-order valence-corrected chi connectivity index (χ3v) is 4.56. The zero-order chi connectivity index (χ0) is 18.6. The summed E-state index contributed by atoms with van der Waals surface area (Å²) < 4.78 is 6.28. The number of hydrogen-bond donors (Lipinski definition) is 0. The minimum absolute atomic E-state index is 0.299. The SMILES string of the molecule is CC(C)Cn1c2c(=O)n(C)c(=O)n(C)c2n2c(-c3ccccc3)nnc12. The van der Waals surface area contributed by atoms with Gasteiger partial charge in [-0.2, -0.15) is 0 Å². The number of aromatic nitrogens is 6. The van der Waals surface area contributed by atoms with Crippen LogP contribution in [0.1, 0.15) is 13.8 Å². The molecule has 0 aliphatic heterocycles. The number of aryl methyl sites for hydroxylation is 1. The molecule has 0 saturated heterocycles. The molecule has 0 fully saturated rings. The molecule has 0 spiro atoms. The lowest BCUT2D eigenvalue weighted by Gasteiger charge is -2.09. The Labute approximate surface area is 148 Å². The fourth-order valence-electron chi connectivity index (χ4n) is 3.37. The van der Waals surface area contributed by atoms with E-state index in [1.165, 1.54) is 11.6 Å². The largest absolute Gasteiger partial charge is 0.332 e. The summed E-state index contributed by atoms with van der Waals surface area (Å²) in [5.41, 5.74) is 1.15. The van der Waals surface area contributed by atoms with Crippen molar-refractivity contribution in [3.8, 4) is 11.4 Å². The van der Waals surface area contributed by atoms with Crippen molar-refractivity contribution in [1.82, 2.24) is 28.3 Å². The van der Waals surface area contributed by atoms with Gasteiger partial charge < -0.3 is 4.57 Å². The van der Waals surface area contributed by atoms with Gasteiger partial charge in [0, 0.05) is 26.2 Å². The summed E-state index contributed by atoms with van der Waals surface area (Å²) in [6.45, 7) is 4.75. The summed E-state index contributed by atoms with van der Waals surface area (Å²) in [4.78, 5) is 25.4. The van der Waals surface area contributed by atoms with Crippen LogP contribution >= 0.6 is 0 Å². The monoisotopic (exact) mass is 352 g/mol. The third-order valence-electron chi connectivity index (χ3n) is 4.56. The van der Waals surface area contributed by atoms with Gasteiger partial charge in [0.15, 0.2) is 17.0 Å². The van der Waals surface area contributed by atoms with E-state index in [-0.39, 0.29) is 11.2 Å². The molecule has 134 valence electrons. The van der Waals surface area contributed by atoms with Crippen LogP contribution in [0.5, 0.6) is 0 Å². The first-order chi connectivity index (χ1) is 12.4. The predicted octanol–water partition coefficient (Wildman–Crippen LogP) is 1.40. The number of imidazole rings is 1. The van der Waals surface area contributed by atoms with Crippen molar-refractivity contribution in [2.24, 2.45) is 20.0 Å². The Hall–Kier alpha value is -3.16. The molecule has 0 radical (unpaired) electrons. The van der Waals surface area contributed by atoms with Crippen LogP contribution in [0.25, 0.3) is 28.3 Å². The minimum Gasteiger partial charge on any atom is -0.302 e. The highest BCUT2D eigenvalue weighted by atomic mass is 16.2. The lowest BCUT2D eigenvalue weighted by molar-refractivity contribution is 0.538. The number of hydrogen-bond acceptors (Lipinski definition) is 4. The molecule has 8 nitrogen and oxygen atoms in total. The molecule has 0 aliphatic carbocycles. The molecule has 8 heteroatoms. The Kier molecular flexibility index (Phi) is 3.57. The quantitative estimate of drug-likeness (QED) is 0.558. The molecule has 1 aromatic carbocycles. The zero-order valence-electron chi connectivity index (χ0n) is 15.2. The number of benzene rings is 1. The highest BCUT2D eigenvalue weighted by Crippen LogP contribution is 2.24. The highest BCUT2D eigenvalue weighted by molar-refractivity contribution is 5.79. The first-order valence-corrected chi connectivity index (χ1v) is 8.50. The number of rotatable bonds is 3.